The number of benzene rings is 1. The third kappa shape index (κ3) is 4.78. The van der Waals surface area contributed by atoms with E-state index in [0.717, 1.165) is 17.4 Å². The number of halogens is 1. The fourth-order valence-electron chi connectivity index (χ4n) is 2.51. The van der Waals surface area contributed by atoms with Gasteiger partial charge in [0.2, 0.25) is 0 Å². The summed E-state index contributed by atoms with van der Waals surface area (Å²) in [4.78, 5) is 2.41. The molecule has 1 N–H and O–H groups in total. The molecular weight excluding hydrogens is 312 g/mol. The Morgan fingerprint density at radius 2 is 1.90 bits per heavy atom. The molecule has 1 rings (SSSR count). The van der Waals surface area contributed by atoms with Gasteiger partial charge in [-0.15, -0.1) is 0 Å². The third-order valence-corrected chi connectivity index (χ3v) is 4.40. The summed E-state index contributed by atoms with van der Waals surface area (Å²) in [5, 5.41) is 3.59. The summed E-state index contributed by atoms with van der Waals surface area (Å²) in [6.45, 7) is 10.1. The van der Waals surface area contributed by atoms with Crippen LogP contribution in [0.3, 0.4) is 0 Å². The molecule has 3 heteroatoms. The normalized spacial score (nSPS) is 14.1. The Bertz CT molecular complexity index is 406. The van der Waals surface area contributed by atoms with Crippen LogP contribution < -0.4 is 10.2 Å². The molecule has 1 aromatic carbocycles. The summed E-state index contributed by atoms with van der Waals surface area (Å²) in [6, 6.07) is 7.56. The van der Waals surface area contributed by atoms with Gasteiger partial charge in [0.25, 0.3) is 0 Å². The molecular formula is C17H29BrN2. The molecule has 2 nitrogen and oxygen atoms in total. The molecule has 1 aromatic rings. The van der Waals surface area contributed by atoms with Gasteiger partial charge in [0, 0.05) is 29.3 Å². The molecule has 0 aliphatic carbocycles. The summed E-state index contributed by atoms with van der Waals surface area (Å²) in [5.74, 6) is 0. The zero-order chi connectivity index (χ0) is 15.1. The van der Waals surface area contributed by atoms with E-state index in [2.05, 4.69) is 79.1 Å². The lowest BCUT2D eigenvalue weighted by Crippen LogP contribution is -2.31. The van der Waals surface area contributed by atoms with Crippen molar-refractivity contribution in [3.63, 3.8) is 0 Å². The predicted octanol–water partition coefficient (Wildman–Crippen LogP) is 5.13. The summed E-state index contributed by atoms with van der Waals surface area (Å²) < 4.78 is 1.15. The highest BCUT2D eigenvalue weighted by atomic mass is 79.9. The molecule has 20 heavy (non-hydrogen) atoms. The Morgan fingerprint density at radius 3 is 2.50 bits per heavy atom. The van der Waals surface area contributed by atoms with Gasteiger partial charge in [-0.2, -0.15) is 0 Å². The van der Waals surface area contributed by atoms with Crippen LogP contribution in [-0.4, -0.2) is 19.6 Å². The number of anilines is 1. The first-order valence-electron chi connectivity index (χ1n) is 7.76. The number of rotatable bonds is 8. The third-order valence-electron chi connectivity index (χ3n) is 3.90. The first-order chi connectivity index (χ1) is 9.51. The maximum Gasteiger partial charge on any atom is 0.0415 e. The highest BCUT2D eigenvalue weighted by Crippen LogP contribution is 2.30. The van der Waals surface area contributed by atoms with Crippen molar-refractivity contribution in [1.29, 1.82) is 0 Å². The Morgan fingerprint density at radius 1 is 1.20 bits per heavy atom. The largest absolute Gasteiger partial charge is 0.372 e. The summed E-state index contributed by atoms with van der Waals surface area (Å²) in [7, 11) is 2.21. The molecule has 0 fully saturated rings. The first kappa shape index (κ1) is 17.5. The van der Waals surface area contributed by atoms with Crippen LogP contribution in [0.1, 0.15) is 58.6 Å². The highest BCUT2D eigenvalue weighted by molar-refractivity contribution is 9.10. The van der Waals surface area contributed by atoms with Gasteiger partial charge < -0.3 is 10.2 Å². The molecule has 0 aromatic heterocycles. The molecule has 0 aliphatic heterocycles. The van der Waals surface area contributed by atoms with E-state index in [0.29, 0.717) is 12.1 Å². The van der Waals surface area contributed by atoms with Crippen LogP contribution in [0.4, 0.5) is 5.69 Å². The summed E-state index contributed by atoms with van der Waals surface area (Å²) >= 11 is 3.60. The lowest BCUT2D eigenvalue weighted by Gasteiger charge is -2.31. The minimum atomic E-state index is 0.374. The van der Waals surface area contributed by atoms with Crippen molar-refractivity contribution in [2.24, 2.45) is 0 Å². The van der Waals surface area contributed by atoms with E-state index in [1.54, 1.807) is 0 Å². The summed E-state index contributed by atoms with van der Waals surface area (Å²) in [5.41, 5.74) is 2.71. The van der Waals surface area contributed by atoms with Gasteiger partial charge in [-0.25, -0.2) is 0 Å². The fourth-order valence-corrected chi connectivity index (χ4v) is 2.89. The topological polar surface area (TPSA) is 15.3 Å². The molecule has 2 unspecified atom stereocenters. The van der Waals surface area contributed by atoms with Gasteiger partial charge in [0.15, 0.2) is 0 Å². The second kappa shape index (κ2) is 8.68. The predicted molar refractivity (Wildman–Crippen MR) is 93.6 cm³/mol. The highest BCUT2D eigenvalue weighted by Gasteiger charge is 2.16. The maximum atomic E-state index is 3.60. The Hall–Kier alpha value is -0.540. The molecule has 0 aliphatic rings. The van der Waals surface area contributed by atoms with Crippen LogP contribution in [0.5, 0.6) is 0 Å². The molecule has 0 heterocycles. The standard InChI is InChI=1S/C17H29BrN2/c1-6-8-13(3)20(5)17-10-9-15(18)12-16(17)14(4)19-11-7-2/h9-10,12-14,19H,6-8,11H2,1-5H3. The minimum absolute atomic E-state index is 0.374. The lowest BCUT2D eigenvalue weighted by molar-refractivity contribution is 0.563. The van der Waals surface area contributed by atoms with Crippen molar-refractivity contribution >= 4 is 21.6 Å². The zero-order valence-electron chi connectivity index (χ0n) is 13.5. The molecule has 0 spiro atoms. The van der Waals surface area contributed by atoms with Crippen LogP contribution in [0.15, 0.2) is 22.7 Å². The number of hydrogen-bond acceptors (Lipinski definition) is 2. The fraction of sp³-hybridized carbons (Fsp3) is 0.647. The van der Waals surface area contributed by atoms with Crippen LogP contribution in [-0.2, 0) is 0 Å². The van der Waals surface area contributed by atoms with E-state index >= 15 is 0 Å². The second-order valence-electron chi connectivity index (χ2n) is 5.63. The Kier molecular flexibility index (Phi) is 7.60. The SMILES string of the molecule is CCCNC(C)c1cc(Br)ccc1N(C)C(C)CCC. The van der Waals surface area contributed by atoms with Crippen molar-refractivity contribution in [2.75, 3.05) is 18.5 Å². The van der Waals surface area contributed by atoms with Crippen LogP contribution in [0, 0.1) is 0 Å². The molecule has 0 saturated carbocycles. The molecule has 0 bridgehead atoms. The van der Waals surface area contributed by atoms with Crippen molar-refractivity contribution in [3.8, 4) is 0 Å². The minimum Gasteiger partial charge on any atom is -0.372 e. The summed E-state index contributed by atoms with van der Waals surface area (Å²) in [6.07, 6.45) is 3.61. The van der Waals surface area contributed by atoms with E-state index in [1.807, 2.05) is 0 Å². The van der Waals surface area contributed by atoms with E-state index in [1.165, 1.54) is 24.1 Å². The van der Waals surface area contributed by atoms with Gasteiger partial charge in [-0.3, -0.25) is 0 Å². The number of hydrogen-bond donors (Lipinski definition) is 1. The zero-order valence-corrected chi connectivity index (χ0v) is 15.1. The van der Waals surface area contributed by atoms with E-state index < -0.39 is 0 Å². The van der Waals surface area contributed by atoms with Crippen LogP contribution in [0.25, 0.3) is 0 Å². The van der Waals surface area contributed by atoms with Gasteiger partial charge in [0.05, 0.1) is 0 Å². The smallest absolute Gasteiger partial charge is 0.0415 e. The first-order valence-corrected chi connectivity index (χ1v) is 8.56. The van der Waals surface area contributed by atoms with E-state index in [-0.39, 0.29) is 0 Å². The van der Waals surface area contributed by atoms with E-state index in [4.69, 9.17) is 0 Å². The molecule has 114 valence electrons. The lowest BCUT2D eigenvalue weighted by atomic mass is 10.0. The van der Waals surface area contributed by atoms with Gasteiger partial charge in [0.1, 0.15) is 0 Å². The Balaban J connectivity index is 3.00. The van der Waals surface area contributed by atoms with Crippen LogP contribution >= 0.6 is 15.9 Å². The van der Waals surface area contributed by atoms with E-state index in [9.17, 15) is 0 Å². The molecule has 0 amide bonds. The second-order valence-corrected chi connectivity index (χ2v) is 6.54. The Labute approximate surface area is 133 Å². The molecule has 2 atom stereocenters. The molecule has 0 saturated heterocycles. The van der Waals surface area contributed by atoms with Gasteiger partial charge in [-0.05, 0) is 57.0 Å². The van der Waals surface area contributed by atoms with Crippen molar-refractivity contribution in [1.82, 2.24) is 5.32 Å². The average Bonchev–Trinajstić information content (AvgIpc) is 2.44. The van der Waals surface area contributed by atoms with Crippen molar-refractivity contribution in [2.45, 2.75) is 59.0 Å². The van der Waals surface area contributed by atoms with Crippen LogP contribution in [0.2, 0.25) is 0 Å². The average molecular weight is 341 g/mol. The monoisotopic (exact) mass is 340 g/mol. The maximum absolute atomic E-state index is 3.60. The van der Waals surface area contributed by atoms with Gasteiger partial charge >= 0.3 is 0 Å². The molecule has 0 radical (unpaired) electrons. The van der Waals surface area contributed by atoms with Crippen molar-refractivity contribution < 1.29 is 0 Å². The van der Waals surface area contributed by atoms with Gasteiger partial charge in [-0.1, -0.05) is 36.2 Å². The number of nitrogens with zero attached hydrogens (tertiary/aromatic N) is 1. The quantitative estimate of drug-likeness (QED) is 0.705. The van der Waals surface area contributed by atoms with Crippen molar-refractivity contribution in [3.05, 3.63) is 28.2 Å². The number of nitrogens with one attached hydrogen (secondary N) is 1.